The van der Waals surface area contributed by atoms with Crippen LogP contribution in [0, 0.1) is 5.82 Å². The molecular formula is C25H22FN3OS. The Morgan fingerprint density at radius 3 is 2.68 bits per heavy atom. The van der Waals surface area contributed by atoms with Crippen LogP contribution in [0.25, 0.3) is 22.3 Å². The van der Waals surface area contributed by atoms with Crippen molar-refractivity contribution in [3.63, 3.8) is 0 Å². The molecule has 0 atom stereocenters. The van der Waals surface area contributed by atoms with Gasteiger partial charge in [0, 0.05) is 47.9 Å². The van der Waals surface area contributed by atoms with E-state index < -0.39 is 0 Å². The molecule has 4 aromatic rings. The Hall–Kier alpha value is -3.25. The standard InChI is InChI=1S/C25H22FN3OS/c26-20-9-7-19(8-10-20)23-16-29-22(17-31-25(29)27-23)14-15-28(21-11-12-21)24(30)13-6-18-4-2-1-3-5-18/h1-10,13,16-17,21H,11-12,14-15H2/b13-6+. The quantitative estimate of drug-likeness (QED) is 0.365. The summed E-state index contributed by atoms with van der Waals surface area (Å²) >= 11 is 1.58. The number of halogens is 1. The van der Waals surface area contributed by atoms with E-state index in [0.717, 1.165) is 46.7 Å². The van der Waals surface area contributed by atoms with Crippen molar-refractivity contribution >= 4 is 28.3 Å². The molecule has 1 fully saturated rings. The van der Waals surface area contributed by atoms with E-state index in [4.69, 9.17) is 0 Å². The molecule has 1 aliphatic carbocycles. The van der Waals surface area contributed by atoms with Crippen LogP contribution in [0.15, 0.2) is 72.3 Å². The van der Waals surface area contributed by atoms with Gasteiger partial charge < -0.3 is 4.90 Å². The van der Waals surface area contributed by atoms with Gasteiger partial charge in [0.05, 0.1) is 5.69 Å². The van der Waals surface area contributed by atoms with Gasteiger partial charge in [0.1, 0.15) is 5.82 Å². The summed E-state index contributed by atoms with van der Waals surface area (Å²) in [5.41, 5.74) is 3.88. The first-order chi connectivity index (χ1) is 15.2. The van der Waals surface area contributed by atoms with Crippen LogP contribution in [0.2, 0.25) is 0 Å². The predicted octanol–water partition coefficient (Wildman–Crippen LogP) is 5.45. The molecule has 5 rings (SSSR count). The van der Waals surface area contributed by atoms with Crippen LogP contribution in [-0.2, 0) is 11.2 Å². The molecule has 4 nitrogen and oxygen atoms in total. The third-order valence-electron chi connectivity index (χ3n) is 5.52. The van der Waals surface area contributed by atoms with Crippen molar-refractivity contribution in [1.82, 2.24) is 14.3 Å². The minimum atomic E-state index is -0.253. The minimum absolute atomic E-state index is 0.0652. The van der Waals surface area contributed by atoms with E-state index in [1.807, 2.05) is 47.5 Å². The van der Waals surface area contributed by atoms with Gasteiger partial charge in [0.2, 0.25) is 5.91 Å². The van der Waals surface area contributed by atoms with Crippen LogP contribution in [0.1, 0.15) is 24.1 Å². The summed E-state index contributed by atoms with van der Waals surface area (Å²) in [7, 11) is 0. The maximum absolute atomic E-state index is 13.2. The van der Waals surface area contributed by atoms with Gasteiger partial charge in [-0.2, -0.15) is 0 Å². The van der Waals surface area contributed by atoms with Crippen molar-refractivity contribution in [2.24, 2.45) is 0 Å². The third kappa shape index (κ3) is 4.44. The van der Waals surface area contributed by atoms with Crippen LogP contribution in [0.3, 0.4) is 0 Å². The first-order valence-corrected chi connectivity index (χ1v) is 11.3. The van der Waals surface area contributed by atoms with Crippen molar-refractivity contribution in [1.29, 1.82) is 0 Å². The van der Waals surface area contributed by atoms with Crippen LogP contribution in [0.4, 0.5) is 4.39 Å². The molecule has 0 bridgehead atoms. The fourth-order valence-electron chi connectivity index (χ4n) is 3.69. The van der Waals surface area contributed by atoms with E-state index in [-0.39, 0.29) is 11.7 Å². The number of carbonyl (C=O) groups is 1. The van der Waals surface area contributed by atoms with Crippen molar-refractivity contribution < 1.29 is 9.18 Å². The van der Waals surface area contributed by atoms with Gasteiger partial charge in [-0.15, -0.1) is 11.3 Å². The van der Waals surface area contributed by atoms with Crippen molar-refractivity contribution in [3.05, 3.63) is 89.3 Å². The number of rotatable bonds is 7. The van der Waals surface area contributed by atoms with Crippen molar-refractivity contribution in [2.75, 3.05) is 6.54 Å². The molecule has 2 heterocycles. The Kier molecular flexibility index (Phi) is 5.38. The second-order valence-electron chi connectivity index (χ2n) is 7.77. The highest BCUT2D eigenvalue weighted by Crippen LogP contribution is 2.28. The fourth-order valence-corrected chi connectivity index (χ4v) is 4.60. The summed E-state index contributed by atoms with van der Waals surface area (Å²) < 4.78 is 15.3. The molecule has 0 N–H and O–H groups in total. The number of nitrogens with zero attached hydrogens (tertiary/aromatic N) is 3. The molecule has 1 saturated carbocycles. The lowest BCUT2D eigenvalue weighted by Crippen LogP contribution is -2.33. The number of aromatic nitrogens is 2. The highest BCUT2D eigenvalue weighted by Gasteiger charge is 2.31. The van der Waals surface area contributed by atoms with E-state index in [1.165, 1.54) is 12.1 Å². The van der Waals surface area contributed by atoms with Gasteiger partial charge in [-0.25, -0.2) is 9.37 Å². The van der Waals surface area contributed by atoms with Crippen molar-refractivity contribution in [2.45, 2.75) is 25.3 Å². The topological polar surface area (TPSA) is 37.6 Å². The van der Waals surface area contributed by atoms with Crippen LogP contribution < -0.4 is 0 Å². The number of hydrogen-bond acceptors (Lipinski definition) is 3. The normalized spacial score (nSPS) is 13.8. The number of fused-ring (bicyclic) bond motifs is 1. The first-order valence-electron chi connectivity index (χ1n) is 10.4. The number of amides is 1. The van der Waals surface area contributed by atoms with Gasteiger partial charge in [0.25, 0.3) is 0 Å². The maximum atomic E-state index is 13.2. The molecule has 2 aromatic heterocycles. The summed E-state index contributed by atoms with van der Waals surface area (Å²) in [5.74, 6) is -0.188. The van der Waals surface area contributed by atoms with Crippen LogP contribution in [-0.4, -0.2) is 32.8 Å². The summed E-state index contributed by atoms with van der Waals surface area (Å²) in [6, 6.07) is 16.6. The summed E-state index contributed by atoms with van der Waals surface area (Å²) in [5, 5.41) is 2.10. The molecule has 1 aliphatic rings. The largest absolute Gasteiger partial charge is 0.336 e. The van der Waals surface area contributed by atoms with Crippen LogP contribution in [0.5, 0.6) is 0 Å². The molecule has 0 radical (unpaired) electrons. The molecule has 156 valence electrons. The molecule has 0 saturated heterocycles. The maximum Gasteiger partial charge on any atom is 0.246 e. The monoisotopic (exact) mass is 431 g/mol. The number of imidazole rings is 1. The molecular weight excluding hydrogens is 409 g/mol. The number of thiazole rings is 1. The van der Waals surface area contributed by atoms with E-state index in [1.54, 1.807) is 29.5 Å². The molecule has 2 aromatic carbocycles. The Morgan fingerprint density at radius 2 is 1.94 bits per heavy atom. The van der Waals surface area contributed by atoms with E-state index in [9.17, 15) is 9.18 Å². The zero-order valence-corrected chi connectivity index (χ0v) is 17.8. The molecule has 1 amide bonds. The van der Waals surface area contributed by atoms with Gasteiger partial charge in [-0.05, 0) is 48.7 Å². The first kappa shape index (κ1) is 19.7. The minimum Gasteiger partial charge on any atom is -0.336 e. The number of benzene rings is 2. The average molecular weight is 432 g/mol. The van der Waals surface area contributed by atoms with E-state index in [0.29, 0.717) is 12.6 Å². The lowest BCUT2D eigenvalue weighted by atomic mass is 10.2. The summed E-state index contributed by atoms with van der Waals surface area (Å²) in [6.07, 6.45) is 8.47. The molecule has 31 heavy (non-hydrogen) atoms. The van der Waals surface area contributed by atoms with Gasteiger partial charge in [-0.1, -0.05) is 30.3 Å². The Morgan fingerprint density at radius 1 is 1.16 bits per heavy atom. The smallest absolute Gasteiger partial charge is 0.246 e. The Bertz CT molecular complexity index is 1220. The molecule has 0 unspecified atom stereocenters. The Balaban J connectivity index is 1.30. The van der Waals surface area contributed by atoms with Gasteiger partial charge >= 0.3 is 0 Å². The highest BCUT2D eigenvalue weighted by atomic mass is 32.1. The second kappa shape index (κ2) is 8.47. The molecule has 0 aliphatic heterocycles. The van der Waals surface area contributed by atoms with E-state index in [2.05, 4.69) is 14.8 Å². The third-order valence-corrected chi connectivity index (χ3v) is 6.41. The fraction of sp³-hybridized carbons (Fsp3) is 0.200. The predicted molar refractivity (Wildman–Crippen MR) is 122 cm³/mol. The number of hydrogen-bond donors (Lipinski definition) is 0. The van der Waals surface area contributed by atoms with E-state index >= 15 is 0 Å². The highest BCUT2D eigenvalue weighted by molar-refractivity contribution is 7.15. The lowest BCUT2D eigenvalue weighted by molar-refractivity contribution is -0.126. The number of carbonyl (C=O) groups excluding carboxylic acids is 1. The van der Waals surface area contributed by atoms with Crippen molar-refractivity contribution in [3.8, 4) is 11.3 Å². The van der Waals surface area contributed by atoms with Gasteiger partial charge in [-0.3, -0.25) is 9.20 Å². The molecule has 0 spiro atoms. The lowest BCUT2D eigenvalue weighted by Gasteiger charge is -2.20. The Labute approximate surface area is 184 Å². The molecule has 6 heteroatoms. The second-order valence-corrected chi connectivity index (χ2v) is 8.61. The van der Waals surface area contributed by atoms with Crippen LogP contribution >= 0.6 is 11.3 Å². The average Bonchev–Trinajstić information content (AvgIpc) is 3.43. The summed E-state index contributed by atoms with van der Waals surface area (Å²) in [4.78, 5) is 20.4. The zero-order valence-electron chi connectivity index (χ0n) is 16.9. The summed E-state index contributed by atoms with van der Waals surface area (Å²) in [6.45, 7) is 0.679. The SMILES string of the molecule is O=C(/C=C/c1ccccc1)N(CCc1csc2nc(-c3ccc(F)cc3)cn12)C1CC1. The zero-order chi connectivity index (χ0) is 21.2. The van der Waals surface area contributed by atoms with Gasteiger partial charge in [0.15, 0.2) is 4.96 Å².